The van der Waals surface area contributed by atoms with Crippen LogP contribution in [0.5, 0.6) is 0 Å². The van der Waals surface area contributed by atoms with Crippen LogP contribution in [0.25, 0.3) is 0 Å². The van der Waals surface area contributed by atoms with Gasteiger partial charge in [-0.05, 0) is 37.5 Å². The number of likely N-dealkylation sites (tertiary alicyclic amines) is 1. The van der Waals surface area contributed by atoms with Crippen molar-refractivity contribution in [2.75, 3.05) is 19.6 Å². The molecule has 4 heteroatoms. The molecule has 0 aliphatic carbocycles. The van der Waals surface area contributed by atoms with Gasteiger partial charge in [-0.15, -0.1) is 0 Å². The van der Waals surface area contributed by atoms with Gasteiger partial charge < -0.3 is 10.2 Å². The summed E-state index contributed by atoms with van der Waals surface area (Å²) in [6.07, 6.45) is 3.20. The van der Waals surface area contributed by atoms with E-state index in [0.717, 1.165) is 37.9 Å². The van der Waals surface area contributed by atoms with Gasteiger partial charge in [0.25, 0.3) is 0 Å². The number of benzene rings is 1. The van der Waals surface area contributed by atoms with Gasteiger partial charge in [0.2, 0.25) is 0 Å². The highest BCUT2D eigenvalue weighted by Crippen LogP contribution is 2.26. The molecular formula is C15H21FN2O. The zero-order valence-corrected chi connectivity index (χ0v) is 11.4. The zero-order valence-electron chi connectivity index (χ0n) is 11.4. The van der Waals surface area contributed by atoms with Crippen molar-refractivity contribution in [3.63, 3.8) is 0 Å². The minimum absolute atomic E-state index is 0.0107. The molecule has 0 saturated carbocycles. The quantitative estimate of drug-likeness (QED) is 0.874. The molecule has 19 heavy (non-hydrogen) atoms. The fourth-order valence-corrected chi connectivity index (χ4v) is 2.60. The van der Waals surface area contributed by atoms with E-state index in [2.05, 4.69) is 5.32 Å². The molecule has 1 N–H and O–H groups in total. The summed E-state index contributed by atoms with van der Waals surface area (Å²) < 4.78 is 13.0. The smallest absolute Gasteiger partial charge is 0.317 e. The molecule has 1 atom stereocenters. The zero-order chi connectivity index (χ0) is 13.7. The third-order valence-electron chi connectivity index (χ3n) is 3.63. The topological polar surface area (TPSA) is 32.3 Å². The second-order valence-corrected chi connectivity index (χ2v) is 5.03. The normalized spacial score (nSPS) is 19.9. The Morgan fingerprint density at radius 2 is 2.11 bits per heavy atom. The van der Waals surface area contributed by atoms with Crippen molar-refractivity contribution >= 4 is 6.03 Å². The van der Waals surface area contributed by atoms with Crippen LogP contribution in [0, 0.1) is 5.82 Å². The van der Waals surface area contributed by atoms with Crippen molar-refractivity contribution in [2.45, 2.75) is 32.1 Å². The van der Waals surface area contributed by atoms with Crippen LogP contribution in [0.3, 0.4) is 0 Å². The predicted molar refractivity (Wildman–Crippen MR) is 73.6 cm³/mol. The highest BCUT2D eigenvalue weighted by molar-refractivity contribution is 5.74. The summed E-state index contributed by atoms with van der Waals surface area (Å²) in [6, 6.07) is 6.67. The number of rotatable bonds is 2. The number of hydrogen-bond donors (Lipinski definition) is 1. The first-order valence-electron chi connectivity index (χ1n) is 6.99. The summed E-state index contributed by atoms with van der Waals surface area (Å²) in [5.41, 5.74) is 1.12. The Hall–Kier alpha value is -1.58. The van der Waals surface area contributed by atoms with E-state index in [1.807, 2.05) is 24.0 Å². The molecule has 1 saturated heterocycles. The van der Waals surface area contributed by atoms with Crippen LogP contribution >= 0.6 is 0 Å². The van der Waals surface area contributed by atoms with E-state index in [4.69, 9.17) is 0 Å². The molecule has 1 heterocycles. The molecule has 0 aromatic heterocycles. The Morgan fingerprint density at radius 3 is 2.79 bits per heavy atom. The van der Waals surface area contributed by atoms with Gasteiger partial charge in [0.1, 0.15) is 5.82 Å². The van der Waals surface area contributed by atoms with E-state index in [-0.39, 0.29) is 11.8 Å². The number of nitrogens with zero attached hydrogens (tertiary/aromatic N) is 1. The predicted octanol–water partition coefficient (Wildman–Crippen LogP) is 3.12. The van der Waals surface area contributed by atoms with E-state index in [9.17, 15) is 9.18 Å². The lowest BCUT2D eigenvalue weighted by Crippen LogP contribution is -2.41. The third kappa shape index (κ3) is 3.69. The number of halogens is 1. The van der Waals surface area contributed by atoms with Crippen LogP contribution in [0.4, 0.5) is 9.18 Å². The van der Waals surface area contributed by atoms with E-state index in [1.54, 1.807) is 0 Å². The van der Waals surface area contributed by atoms with Gasteiger partial charge in [-0.2, -0.15) is 0 Å². The van der Waals surface area contributed by atoms with E-state index < -0.39 is 0 Å². The molecule has 1 aromatic rings. The number of nitrogens with one attached hydrogen (secondary N) is 1. The molecular weight excluding hydrogens is 243 g/mol. The summed E-state index contributed by atoms with van der Waals surface area (Å²) in [6.45, 7) is 4.10. The Bertz CT molecular complexity index is 419. The maximum Gasteiger partial charge on any atom is 0.317 e. The summed E-state index contributed by atoms with van der Waals surface area (Å²) in [7, 11) is 0. The fourth-order valence-electron chi connectivity index (χ4n) is 2.60. The van der Waals surface area contributed by atoms with Gasteiger partial charge in [-0.25, -0.2) is 9.18 Å². The summed E-state index contributed by atoms with van der Waals surface area (Å²) in [5, 5.41) is 2.85. The largest absolute Gasteiger partial charge is 0.338 e. The number of hydrogen-bond acceptors (Lipinski definition) is 1. The second-order valence-electron chi connectivity index (χ2n) is 5.03. The second kappa shape index (κ2) is 6.55. The minimum atomic E-state index is -0.210. The lowest BCUT2D eigenvalue weighted by molar-refractivity contribution is 0.198. The number of carbonyl (C=O) groups is 1. The molecule has 1 aromatic carbocycles. The first-order valence-corrected chi connectivity index (χ1v) is 6.99. The van der Waals surface area contributed by atoms with Gasteiger partial charge in [0, 0.05) is 25.6 Å². The highest BCUT2D eigenvalue weighted by atomic mass is 19.1. The molecule has 104 valence electrons. The first kappa shape index (κ1) is 13.8. The molecule has 1 fully saturated rings. The van der Waals surface area contributed by atoms with Crippen molar-refractivity contribution in [3.8, 4) is 0 Å². The van der Waals surface area contributed by atoms with E-state index >= 15 is 0 Å². The molecule has 0 unspecified atom stereocenters. The average Bonchev–Trinajstić information content (AvgIpc) is 2.66. The van der Waals surface area contributed by atoms with Crippen molar-refractivity contribution in [3.05, 3.63) is 35.6 Å². The van der Waals surface area contributed by atoms with Crippen LogP contribution in [0.2, 0.25) is 0 Å². The van der Waals surface area contributed by atoms with E-state index in [0.29, 0.717) is 12.5 Å². The van der Waals surface area contributed by atoms with Crippen molar-refractivity contribution in [1.29, 1.82) is 0 Å². The molecule has 0 spiro atoms. The Morgan fingerprint density at radius 1 is 1.37 bits per heavy atom. The van der Waals surface area contributed by atoms with Gasteiger partial charge in [-0.1, -0.05) is 18.6 Å². The van der Waals surface area contributed by atoms with Crippen LogP contribution in [-0.4, -0.2) is 30.6 Å². The van der Waals surface area contributed by atoms with Crippen LogP contribution < -0.4 is 5.32 Å². The third-order valence-corrected chi connectivity index (χ3v) is 3.63. The molecule has 0 radical (unpaired) electrons. The molecule has 2 rings (SSSR count). The van der Waals surface area contributed by atoms with E-state index in [1.165, 1.54) is 12.1 Å². The lowest BCUT2D eigenvalue weighted by Gasteiger charge is -2.24. The molecule has 1 aliphatic rings. The molecule has 3 nitrogen and oxygen atoms in total. The van der Waals surface area contributed by atoms with Crippen LogP contribution in [0.1, 0.15) is 37.7 Å². The summed E-state index contributed by atoms with van der Waals surface area (Å²) in [4.78, 5) is 13.8. The van der Waals surface area contributed by atoms with Gasteiger partial charge in [-0.3, -0.25) is 0 Å². The number of carbonyl (C=O) groups excluding carboxylic acids is 1. The fraction of sp³-hybridized carbons (Fsp3) is 0.533. The minimum Gasteiger partial charge on any atom is -0.338 e. The van der Waals surface area contributed by atoms with Gasteiger partial charge in [0.05, 0.1) is 0 Å². The molecule has 0 bridgehead atoms. The standard InChI is InChI=1S/C15H21FN2O/c1-2-17-15(19)18-10-4-3-5-13(11-18)12-6-8-14(16)9-7-12/h6-9,13H,2-5,10-11H2,1H3,(H,17,19)/t13-/m0/s1. The average molecular weight is 264 g/mol. The number of urea groups is 1. The molecule has 2 amide bonds. The Kier molecular flexibility index (Phi) is 4.77. The maximum atomic E-state index is 13.0. The lowest BCUT2D eigenvalue weighted by atomic mass is 9.94. The maximum absolute atomic E-state index is 13.0. The van der Waals surface area contributed by atoms with Crippen molar-refractivity contribution in [1.82, 2.24) is 10.2 Å². The Balaban J connectivity index is 2.07. The van der Waals surface area contributed by atoms with Crippen molar-refractivity contribution < 1.29 is 9.18 Å². The van der Waals surface area contributed by atoms with Crippen molar-refractivity contribution in [2.24, 2.45) is 0 Å². The molecule has 1 aliphatic heterocycles. The first-order chi connectivity index (χ1) is 9.20. The monoisotopic (exact) mass is 264 g/mol. The highest BCUT2D eigenvalue weighted by Gasteiger charge is 2.22. The van der Waals surface area contributed by atoms with Crippen LogP contribution in [0.15, 0.2) is 24.3 Å². The summed E-state index contributed by atoms with van der Waals surface area (Å²) >= 11 is 0. The summed E-state index contributed by atoms with van der Waals surface area (Å²) in [5.74, 6) is 0.101. The van der Waals surface area contributed by atoms with Gasteiger partial charge in [0.15, 0.2) is 0 Å². The Labute approximate surface area is 113 Å². The number of amides is 2. The SMILES string of the molecule is CCNC(=O)N1CCCC[C@H](c2ccc(F)cc2)C1. The van der Waals surface area contributed by atoms with Gasteiger partial charge >= 0.3 is 6.03 Å². The van der Waals surface area contributed by atoms with Crippen LogP contribution in [-0.2, 0) is 0 Å².